The lowest BCUT2D eigenvalue weighted by atomic mass is 9.96. The zero-order valence-corrected chi connectivity index (χ0v) is 15.8. The number of carbonyl (C=O) groups is 2. The molecule has 0 aromatic rings. The Morgan fingerprint density at radius 2 is 1.96 bits per heavy atom. The summed E-state index contributed by atoms with van der Waals surface area (Å²) in [4.78, 5) is 29.4. The third-order valence-corrected chi connectivity index (χ3v) is 6.42. The molecule has 2 saturated heterocycles. The molecule has 7 nitrogen and oxygen atoms in total. The Morgan fingerprint density at radius 1 is 1.28 bits per heavy atom. The van der Waals surface area contributed by atoms with Crippen LogP contribution in [0.15, 0.2) is 11.8 Å². The van der Waals surface area contributed by atoms with Crippen LogP contribution in [0.4, 0.5) is 0 Å². The van der Waals surface area contributed by atoms with Crippen molar-refractivity contribution in [3.05, 3.63) is 11.8 Å². The minimum atomic E-state index is -3.66. The van der Waals surface area contributed by atoms with E-state index in [0.717, 1.165) is 36.6 Å². The highest BCUT2D eigenvalue weighted by Gasteiger charge is 2.53. The third-order valence-electron chi connectivity index (χ3n) is 5.36. The maximum atomic E-state index is 12.7. The molecule has 3 aliphatic rings. The van der Waals surface area contributed by atoms with E-state index >= 15 is 0 Å². The van der Waals surface area contributed by atoms with Gasteiger partial charge in [0.15, 0.2) is 0 Å². The molecule has 8 heteroatoms. The predicted octanol–water partition coefficient (Wildman–Crippen LogP) is 0.785. The first-order valence-corrected chi connectivity index (χ1v) is 11.0. The highest BCUT2D eigenvalue weighted by Crippen LogP contribution is 2.40. The summed E-state index contributed by atoms with van der Waals surface area (Å²) in [5.41, 5.74) is 0.473. The van der Waals surface area contributed by atoms with Gasteiger partial charge in [0.25, 0.3) is 0 Å². The van der Waals surface area contributed by atoms with Gasteiger partial charge in [0, 0.05) is 19.5 Å². The molecule has 0 aromatic carbocycles. The van der Waals surface area contributed by atoms with Crippen LogP contribution >= 0.6 is 0 Å². The van der Waals surface area contributed by atoms with Crippen LogP contribution in [0, 0.1) is 5.92 Å². The van der Waals surface area contributed by atoms with Gasteiger partial charge in [-0.05, 0) is 38.4 Å². The second kappa shape index (κ2) is 7.07. The zero-order valence-electron chi connectivity index (χ0n) is 15.0. The molecule has 25 heavy (non-hydrogen) atoms. The number of sulfonamides is 1. The quantitative estimate of drug-likeness (QED) is 0.692. The molecule has 0 aliphatic carbocycles. The lowest BCUT2D eigenvalue weighted by molar-refractivity contribution is -0.134. The molecule has 0 saturated carbocycles. The van der Waals surface area contributed by atoms with Crippen molar-refractivity contribution in [3.8, 4) is 0 Å². The van der Waals surface area contributed by atoms with Crippen LogP contribution < -0.4 is 0 Å². The number of likely N-dealkylation sites (tertiary alicyclic amines) is 1. The highest BCUT2D eigenvalue weighted by molar-refractivity contribution is 7.89. The molecule has 0 N–H and O–H groups in total. The maximum absolute atomic E-state index is 12.7. The average Bonchev–Trinajstić information content (AvgIpc) is 3.23. The first-order chi connectivity index (χ1) is 11.8. The molecule has 140 valence electrons. The molecule has 0 spiro atoms. The van der Waals surface area contributed by atoms with Crippen molar-refractivity contribution in [1.82, 2.24) is 14.1 Å². The first-order valence-electron chi connectivity index (χ1n) is 9.10. The lowest BCUT2D eigenvalue weighted by Crippen LogP contribution is -2.42. The fourth-order valence-corrected chi connectivity index (χ4v) is 5.26. The molecule has 0 aromatic heterocycles. The summed E-state index contributed by atoms with van der Waals surface area (Å²) in [6.45, 7) is 5.17. The van der Waals surface area contributed by atoms with Gasteiger partial charge < -0.3 is 9.80 Å². The van der Waals surface area contributed by atoms with E-state index in [9.17, 15) is 18.0 Å². The van der Waals surface area contributed by atoms with Gasteiger partial charge in [-0.3, -0.25) is 9.59 Å². The van der Waals surface area contributed by atoms with E-state index in [0.29, 0.717) is 25.1 Å². The smallest absolute Gasteiger partial charge is 0.246 e. The van der Waals surface area contributed by atoms with Crippen LogP contribution in [-0.4, -0.2) is 72.8 Å². The van der Waals surface area contributed by atoms with E-state index in [2.05, 4.69) is 4.90 Å². The Kier molecular flexibility index (Phi) is 5.20. The van der Waals surface area contributed by atoms with E-state index in [1.165, 1.54) is 12.8 Å². The van der Waals surface area contributed by atoms with Gasteiger partial charge in [0.05, 0.1) is 23.9 Å². The van der Waals surface area contributed by atoms with Crippen LogP contribution in [0.3, 0.4) is 0 Å². The van der Waals surface area contributed by atoms with Crippen LogP contribution in [-0.2, 0) is 19.6 Å². The summed E-state index contributed by atoms with van der Waals surface area (Å²) >= 11 is 0. The van der Waals surface area contributed by atoms with Crippen LogP contribution in [0.2, 0.25) is 0 Å². The third kappa shape index (κ3) is 3.46. The molecule has 2 atom stereocenters. The van der Waals surface area contributed by atoms with Gasteiger partial charge >= 0.3 is 0 Å². The van der Waals surface area contributed by atoms with E-state index in [4.69, 9.17) is 0 Å². The van der Waals surface area contributed by atoms with Gasteiger partial charge in [0.1, 0.15) is 0 Å². The van der Waals surface area contributed by atoms with Gasteiger partial charge in [-0.25, -0.2) is 12.7 Å². The topological polar surface area (TPSA) is 78.0 Å². The van der Waals surface area contributed by atoms with Gasteiger partial charge in [-0.1, -0.05) is 13.3 Å². The first kappa shape index (κ1) is 18.4. The van der Waals surface area contributed by atoms with Crippen molar-refractivity contribution in [1.29, 1.82) is 0 Å². The van der Waals surface area contributed by atoms with Gasteiger partial charge in [-0.2, -0.15) is 0 Å². The maximum Gasteiger partial charge on any atom is 0.246 e. The predicted molar refractivity (Wildman–Crippen MR) is 94.0 cm³/mol. The number of hydrogen-bond acceptors (Lipinski definition) is 5. The van der Waals surface area contributed by atoms with E-state index in [1.807, 2.05) is 6.92 Å². The largest absolute Gasteiger partial charge is 0.329 e. The molecule has 0 bridgehead atoms. The van der Waals surface area contributed by atoms with Crippen molar-refractivity contribution in [2.75, 3.05) is 32.4 Å². The summed E-state index contributed by atoms with van der Waals surface area (Å²) in [5, 5.41) is 0. The van der Waals surface area contributed by atoms with Crippen molar-refractivity contribution >= 4 is 21.8 Å². The summed E-state index contributed by atoms with van der Waals surface area (Å²) in [6.07, 6.45) is 6.92. The average molecular weight is 369 g/mol. The Bertz CT molecular complexity index is 682. The van der Waals surface area contributed by atoms with Crippen molar-refractivity contribution in [2.24, 2.45) is 5.92 Å². The molecule has 0 radical (unpaired) electrons. The molecule has 3 aliphatic heterocycles. The van der Waals surface area contributed by atoms with Crippen molar-refractivity contribution < 1.29 is 18.0 Å². The van der Waals surface area contributed by atoms with Gasteiger partial charge in [0.2, 0.25) is 21.8 Å². The van der Waals surface area contributed by atoms with Crippen molar-refractivity contribution in [2.45, 2.75) is 45.1 Å². The molecular formula is C17H27N3O4S. The molecular weight excluding hydrogens is 342 g/mol. The van der Waals surface area contributed by atoms with Gasteiger partial charge in [-0.15, -0.1) is 0 Å². The fraction of sp³-hybridized carbons (Fsp3) is 0.765. The van der Waals surface area contributed by atoms with Crippen LogP contribution in [0.1, 0.15) is 39.0 Å². The number of fused-ring (bicyclic) bond motifs is 1. The summed E-state index contributed by atoms with van der Waals surface area (Å²) in [5.74, 6) is -0.839. The highest BCUT2D eigenvalue weighted by atomic mass is 32.2. The number of carbonyl (C=O) groups excluding carboxylic acids is 2. The Labute approximate surface area is 149 Å². The Hall–Kier alpha value is -1.41. The lowest BCUT2D eigenvalue weighted by Gasteiger charge is -2.27. The molecule has 2 fully saturated rings. The summed E-state index contributed by atoms with van der Waals surface area (Å²) in [7, 11) is -3.66. The standard InChI is InChI=1S/C17H27N3O4S/c1-3-6-13-16-14(20(17(13)22)25(2,23)24)7-12-19(16)15(21)8-11-18-9-4-5-10-18/h7,13,16H,3-6,8-12H2,1-2H3/t13-,16-/m1/s1. The zero-order chi connectivity index (χ0) is 18.2. The Morgan fingerprint density at radius 3 is 2.56 bits per heavy atom. The van der Waals surface area contributed by atoms with Crippen molar-refractivity contribution in [3.63, 3.8) is 0 Å². The van der Waals surface area contributed by atoms with E-state index < -0.39 is 27.9 Å². The number of amides is 2. The molecule has 2 amide bonds. The normalized spacial score (nSPS) is 27.1. The minimum Gasteiger partial charge on any atom is -0.329 e. The molecule has 3 heterocycles. The second-order valence-electron chi connectivity index (χ2n) is 7.18. The second-order valence-corrected chi connectivity index (χ2v) is 9.01. The minimum absolute atomic E-state index is 0.00686. The van der Waals surface area contributed by atoms with E-state index in [1.54, 1.807) is 11.0 Å². The summed E-state index contributed by atoms with van der Waals surface area (Å²) < 4.78 is 25.1. The number of hydrogen-bond donors (Lipinski definition) is 0. The van der Waals surface area contributed by atoms with Crippen LogP contribution in [0.5, 0.6) is 0 Å². The molecule has 0 unspecified atom stereocenters. The summed E-state index contributed by atoms with van der Waals surface area (Å²) in [6, 6.07) is -0.423. The van der Waals surface area contributed by atoms with Crippen LogP contribution in [0.25, 0.3) is 0 Å². The number of nitrogens with zero attached hydrogens (tertiary/aromatic N) is 3. The van der Waals surface area contributed by atoms with E-state index in [-0.39, 0.29) is 5.91 Å². The SMILES string of the molecule is CCC[C@H]1C(=O)N(S(C)(=O)=O)C2=CCN(C(=O)CCN3CCCC3)[C@@H]21. The molecule has 3 rings (SSSR count). The number of rotatable bonds is 6. The fourth-order valence-electron chi connectivity index (χ4n) is 4.23. The Balaban J connectivity index is 1.75. The monoisotopic (exact) mass is 369 g/mol.